The predicted molar refractivity (Wildman–Crippen MR) is 92.3 cm³/mol. The summed E-state index contributed by atoms with van der Waals surface area (Å²) < 4.78 is 31.0. The summed E-state index contributed by atoms with van der Waals surface area (Å²) in [4.78, 5) is 2.67. The van der Waals surface area contributed by atoms with Crippen molar-refractivity contribution in [3.05, 3.63) is 24.3 Å². The van der Waals surface area contributed by atoms with Gasteiger partial charge in [0.05, 0.1) is 4.90 Å². The lowest BCUT2D eigenvalue weighted by Crippen LogP contribution is -2.36. The SMILES string of the molecule is CN(CCOc1ccc(S(=O)(=O)N(C)C)cc1)C1CCCCC1. The number of nitrogens with zero attached hydrogens (tertiary/aromatic N) is 2. The second-order valence-corrected chi connectivity index (χ2v) is 8.53. The minimum absolute atomic E-state index is 0.286. The van der Waals surface area contributed by atoms with Gasteiger partial charge in [0.25, 0.3) is 0 Å². The highest BCUT2D eigenvalue weighted by molar-refractivity contribution is 7.89. The van der Waals surface area contributed by atoms with E-state index in [0.717, 1.165) is 6.54 Å². The molecule has 130 valence electrons. The molecule has 0 unspecified atom stereocenters. The van der Waals surface area contributed by atoms with Gasteiger partial charge >= 0.3 is 0 Å². The van der Waals surface area contributed by atoms with E-state index in [-0.39, 0.29) is 4.90 Å². The average Bonchev–Trinajstić information content (AvgIpc) is 2.56. The van der Waals surface area contributed by atoms with E-state index in [0.29, 0.717) is 18.4 Å². The molecule has 0 atom stereocenters. The highest BCUT2D eigenvalue weighted by atomic mass is 32.2. The summed E-state index contributed by atoms with van der Waals surface area (Å²) in [6.07, 6.45) is 6.60. The van der Waals surface area contributed by atoms with Crippen molar-refractivity contribution in [3.63, 3.8) is 0 Å². The highest BCUT2D eigenvalue weighted by Gasteiger charge is 2.18. The second kappa shape index (κ2) is 8.13. The largest absolute Gasteiger partial charge is 0.492 e. The third-order valence-corrected chi connectivity index (χ3v) is 6.34. The Bertz CT molecular complexity index is 578. The Morgan fingerprint density at radius 1 is 1.04 bits per heavy atom. The van der Waals surface area contributed by atoms with Crippen LogP contribution in [-0.4, -0.2) is 58.0 Å². The molecule has 1 aliphatic carbocycles. The van der Waals surface area contributed by atoms with Crippen LogP contribution < -0.4 is 4.74 Å². The van der Waals surface area contributed by atoms with Crippen molar-refractivity contribution in [3.8, 4) is 5.75 Å². The molecule has 2 rings (SSSR count). The van der Waals surface area contributed by atoms with Crippen LogP contribution in [0, 0.1) is 0 Å². The molecule has 0 saturated heterocycles. The van der Waals surface area contributed by atoms with E-state index in [1.807, 2.05) is 0 Å². The molecule has 0 aliphatic heterocycles. The molecule has 0 amide bonds. The normalized spacial score (nSPS) is 16.9. The van der Waals surface area contributed by atoms with Crippen LogP contribution in [-0.2, 0) is 10.0 Å². The van der Waals surface area contributed by atoms with Gasteiger partial charge in [-0.25, -0.2) is 12.7 Å². The molecule has 0 radical (unpaired) electrons. The minimum atomic E-state index is -3.37. The Kier molecular flexibility index (Phi) is 6.44. The first-order chi connectivity index (χ1) is 10.9. The van der Waals surface area contributed by atoms with Gasteiger partial charge in [-0.2, -0.15) is 0 Å². The number of hydrogen-bond acceptors (Lipinski definition) is 4. The fourth-order valence-electron chi connectivity index (χ4n) is 2.93. The lowest BCUT2D eigenvalue weighted by Gasteiger charge is -2.31. The first-order valence-electron chi connectivity index (χ1n) is 8.27. The Morgan fingerprint density at radius 2 is 1.65 bits per heavy atom. The quantitative estimate of drug-likeness (QED) is 0.765. The van der Waals surface area contributed by atoms with Crippen LogP contribution in [0.3, 0.4) is 0 Å². The van der Waals surface area contributed by atoms with Gasteiger partial charge in [0, 0.05) is 26.7 Å². The topological polar surface area (TPSA) is 49.9 Å². The number of sulfonamides is 1. The van der Waals surface area contributed by atoms with Gasteiger partial charge in [0.15, 0.2) is 0 Å². The summed E-state index contributed by atoms with van der Waals surface area (Å²) in [6, 6.07) is 7.30. The van der Waals surface area contributed by atoms with Gasteiger partial charge in [0.2, 0.25) is 10.0 Å². The molecule has 0 heterocycles. The smallest absolute Gasteiger partial charge is 0.242 e. The highest BCUT2D eigenvalue weighted by Crippen LogP contribution is 2.22. The number of hydrogen-bond donors (Lipinski definition) is 0. The van der Waals surface area contributed by atoms with Gasteiger partial charge in [0.1, 0.15) is 12.4 Å². The van der Waals surface area contributed by atoms with Crippen molar-refractivity contribution in [2.45, 2.75) is 43.0 Å². The average molecular weight is 340 g/mol. The maximum Gasteiger partial charge on any atom is 0.242 e. The molecule has 0 aromatic heterocycles. The summed E-state index contributed by atoms with van der Waals surface area (Å²) in [5.74, 6) is 0.708. The third kappa shape index (κ3) is 4.93. The van der Waals surface area contributed by atoms with Crippen molar-refractivity contribution >= 4 is 10.0 Å². The van der Waals surface area contributed by atoms with Gasteiger partial charge in [-0.1, -0.05) is 19.3 Å². The van der Waals surface area contributed by atoms with Crippen LogP contribution >= 0.6 is 0 Å². The molecular formula is C17H28N2O3S. The van der Waals surface area contributed by atoms with E-state index in [4.69, 9.17) is 4.74 Å². The van der Waals surface area contributed by atoms with E-state index < -0.39 is 10.0 Å². The molecule has 5 nitrogen and oxygen atoms in total. The maximum absolute atomic E-state index is 12.0. The number of likely N-dealkylation sites (N-methyl/N-ethyl adjacent to an activating group) is 1. The van der Waals surface area contributed by atoms with Gasteiger partial charge in [-0.15, -0.1) is 0 Å². The zero-order valence-corrected chi connectivity index (χ0v) is 15.2. The zero-order chi connectivity index (χ0) is 16.9. The van der Waals surface area contributed by atoms with Crippen LogP contribution in [0.5, 0.6) is 5.75 Å². The molecule has 0 bridgehead atoms. The summed E-state index contributed by atoms with van der Waals surface area (Å²) in [7, 11) is 1.84. The minimum Gasteiger partial charge on any atom is -0.492 e. The summed E-state index contributed by atoms with van der Waals surface area (Å²) in [5.41, 5.74) is 0. The summed E-state index contributed by atoms with van der Waals surface area (Å²) >= 11 is 0. The zero-order valence-electron chi connectivity index (χ0n) is 14.4. The lowest BCUT2D eigenvalue weighted by atomic mass is 9.94. The van der Waals surface area contributed by atoms with Gasteiger partial charge in [-0.05, 0) is 44.2 Å². The van der Waals surface area contributed by atoms with E-state index >= 15 is 0 Å². The summed E-state index contributed by atoms with van der Waals surface area (Å²) in [6.45, 7) is 1.51. The predicted octanol–water partition coefficient (Wildman–Crippen LogP) is 2.58. The van der Waals surface area contributed by atoms with Crippen LogP contribution in [0.2, 0.25) is 0 Å². The van der Waals surface area contributed by atoms with Crippen molar-refractivity contribution in [2.75, 3.05) is 34.3 Å². The third-order valence-electron chi connectivity index (χ3n) is 4.51. The monoisotopic (exact) mass is 340 g/mol. The standard InChI is InChI=1S/C17H28N2O3S/c1-18(2)23(20,21)17-11-9-16(10-12-17)22-14-13-19(3)15-7-5-4-6-8-15/h9-12,15H,4-8,13-14H2,1-3H3. The Hall–Kier alpha value is -1.11. The molecule has 1 aliphatic rings. The molecule has 6 heteroatoms. The fraction of sp³-hybridized carbons (Fsp3) is 0.647. The Morgan fingerprint density at radius 3 is 2.22 bits per heavy atom. The molecule has 23 heavy (non-hydrogen) atoms. The number of ether oxygens (including phenoxy) is 1. The molecule has 1 fully saturated rings. The van der Waals surface area contributed by atoms with Crippen molar-refractivity contribution in [1.82, 2.24) is 9.21 Å². The van der Waals surface area contributed by atoms with Crippen LogP contribution in [0.15, 0.2) is 29.2 Å². The van der Waals surface area contributed by atoms with E-state index in [9.17, 15) is 8.42 Å². The van der Waals surface area contributed by atoms with Crippen LogP contribution in [0.1, 0.15) is 32.1 Å². The molecule has 1 aromatic carbocycles. The van der Waals surface area contributed by atoms with Crippen molar-refractivity contribution in [1.29, 1.82) is 0 Å². The maximum atomic E-state index is 12.0. The van der Waals surface area contributed by atoms with Crippen LogP contribution in [0.4, 0.5) is 0 Å². The lowest BCUT2D eigenvalue weighted by molar-refractivity contribution is 0.160. The van der Waals surface area contributed by atoms with Crippen LogP contribution in [0.25, 0.3) is 0 Å². The second-order valence-electron chi connectivity index (χ2n) is 6.38. The van der Waals surface area contributed by atoms with Crippen molar-refractivity contribution < 1.29 is 13.2 Å². The molecule has 1 aromatic rings. The van der Waals surface area contributed by atoms with E-state index in [2.05, 4.69) is 11.9 Å². The fourth-order valence-corrected chi connectivity index (χ4v) is 3.83. The number of rotatable bonds is 7. The molecular weight excluding hydrogens is 312 g/mol. The van der Waals surface area contributed by atoms with Gasteiger partial charge in [-0.3, -0.25) is 0 Å². The molecule has 1 saturated carbocycles. The van der Waals surface area contributed by atoms with Gasteiger partial charge < -0.3 is 9.64 Å². The number of benzene rings is 1. The van der Waals surface area contributed by atoms with E-state index in [1.54, 1.807) is 24.3 Å². The van der Waals surface area contributed by atoms with E-state index in [1.165, 1.54) is 50.5 Å². The Labute approximate surface area is 140 Å². The molecule has 0 spiro atoms. The summed E-state index contributed by atoms with van der Waals surface area (Å²) in [5, 5.41) is 0. The molecule has 0 N–H and O–H groups in total. The first-order valence-corrected chi connectivity index (χ1v) is 9.71. The first kappa shape index (κ1) is 18.2. The van der Waals surface area contributed by atoms with Crippen molar-refractivity contribution in [2.24, 2.45) is 0 Å². The Balaban J connectivity index is 1.82.